The lowest BCUT2D eigenvalue weighted by Crippen LogP contribution is -2.53. The van der Waals surface area contributed by atoms with Gasteiger partial charge in [0.2, 0.25) is 5.91 Å². The minimum atomic E-state index is -1.02. The summed E-state index contributed by atoms with van der Waals surface area (Å²) in [7, 11) is 0. The maximum Gasteiger partial charge on any atom is 0.254 e. The smallest absolute Gasteiger partial charge is 0.254 e. The van der Waals surface area contributed by atoms with Crippen molar-refractivity contribution in [1.29, 1.82) is 0 Å². The zero-order chi connectivity index (χ0) is 33.8. The number of nitrogens with zero attached hydrogens (tertiary/aromatic N) is 4. The summed E-state index contributed by atoms with van der Waals surface area (Å²) in [4.78, 5) is 29.9. The zero-order valence-electron chi connectivity index (χ0n) is 27.5. The van der Waals surface area contributed by atoms with Gasteiger partial charge in [-0.05, 0) is 73.7 Å². The molecule has 3 aliphatic rings. The number of piperidine rings is 1. The quantitative estimate of drug-likeness (QED) is 0.265. The second-order valence-electron chi connectivity index (χ2n) is 13.3. The Morgan fingerprint density at radius 1 is 1.12 bits per heavy atom. The molecule has 0 spiro atoms. The Labute approximate surface area is 280 Å². The number of carbonyl (C=O) groups is 2. The second kappa shape index (κ2) is 14.9. The monoisotopic (exact) mass is 659 g/mol. The Kier molecular flexibility index (Phi) is 10.5. The van der Waals surface area contributed by atoms with Crippen LogP contribution in [-0.4, -0.2) is 82.9 Å². The fourth-order valence-electron chi connectivity index (χ4n) is 6.67. The number of likely N-dealkylation sites (tertiary alicyclic amines) is 2. The van der Waals surface area contributed by atoms with E-state index in [1.165, 1.54) is 12.1 Å². The van der Waals surface area contributed by atoms with Gasteiger partial charge in [-0.15, -0.1) is 6.58 Å². The first-order valence-electron chi connectivity index (χ1n) is 16.8. The number of benzene rings is 2. The Bertz CT molecular complexity index is 1610. The highest BCUT2D eigenvalue weighted by Crippen LogP contribution is 2.33. The molecule has 2 aromatic carbocycles. The van der Waals surface area contributed by atoms with Crippen molar-refractivity contribution >= 4 is 11.8 Å². The molecular formula is C37H43F2N5O4. The molecular weight excluding hydrogens is 616 g/mol. The van der Waals surface area contributed by atoms with Crippen LogP contribution in [0.5, 0.6) is 11.5 Å². The number of ether oxygens (including phenoxy) is 2. The fourth-order valence-corrected chi connectivity index (χ4v) is 6.67. The van der Waals surface area contributed by atoms with Gasteiger partial charge < -0.3 is 19.7 Å². The number of nitrogens with one attached hydrogen (secondary N) is 1. The summed E-state index contributed by atoms with van der Waals surface area (Å²) in [5.41, 5.74) is 2.80. The molecule has 3 saturated heterocycles. The normalized spacial score (nSPS) is 22.2. The summed E-state index contributed by atoms with van der Waals surface area (Å²) >= 11 is 0. The van der Waals surface area contributed by atoms with Crippen LogP contribution in [0.15, 0.2) is 61.2 Å². The van der Waals surface area contributed by atoms with E-state index < -0.39 is 17.9 Å². The fraction of sp³-hybridized carbons (Fsp3) is 0.459. The first-order chi connectivity index (χ1) is 23.2. The summed E-state index contributed by atoms with van der Waals surface area (Å²) in [6.45, 7) is 10.5. The van der Waals surface area contributed by atoms with Gasteiger partial charge in [0.15, 0.2) is 0 Å². The number of hydrogen-bond donors (Lipinski definition) is 1. The predicted octanol–water partition coefficient (Wildman–Crippen LogP) is 6.05. The van der Waals surface area contributed by atoms with Crippen LogP contribution in [0.25, 0.3) is 11.3 Å². The first-order valence-corrected chi connectivity index (χ1v) is 16.8. The van der Waals surface area contributed by atoms with Crippen molar-refractivity contribution in [2.45, 2.75) is 70.2 Å². The van der Waals surface area contributed by atoms with E-state index in [4.69, 9.17) is 9.47 Å². The molecule has 0 saturated carbocycles. The topological polar surface area (TPSA) is 96.9 Å². The maximum absolute atomic E-state index is 15.6. The van der Waals surface area contributed by atoms with Crippen LogP contribution < -0.4 is 10.1 Å². The summed E-state index contributed by atoms with van der Waals surface area (Å²) in [6.07, 6.45) is 3.02. The third-order valence-corrected chi connectivity index (χ3v) is 9.57. The van der Waals surface area contributed by atoms with Crippen LogP contribution >= 0.6 is 0 Å². The Morgan fingerprint density at radius 3 is 2.54 bits per heavy atom. The molecule has 0 aliphatic carbocycles. The van der Waals surface area contributed by atoms with Crippen LogP contribution in [0, 0.1) is 11.7 Å². The highest BCUT2D eigenvalue weighted by Gasteiger charge is 2.34. The first kappa shape index (κ1) is 33.7. The molecule has 3 aromatic rings. The molecule has 48 heavy (non-hydrogen) atoms. The van der Waals surface area contributed by atoms with Crippen molar-refractivity contribution in [3.8, 4) is 22.8 Å². The Morgan fingerprint density at radius 2 is 1.90 bits per heavy atom. The van der Waals surface area contributed by atoms with E-state index in [2.05, 4.69) is 40.8 Å². The molecule has 11 heteroatoms. The number of hydrogen-bond acceptors (Lipinski definition) is 7. The third kappa shape index (κ3) is 7.73. The van der Waals surface area contributed by atoms with Crippen molar-refractivity contribution in [2.75, 3.05) is 32.8 Å². The molecule has 3 unspecified atom stereocenters. The van der Waals surface area contributed by atoms with Crippen LogP contribution in [0.1, 0.15) is 67.1 Å². The molecule has 3 aliphatic heterocycles. The van der Waals surface area contributed by atoms with E-state index in [-0.39, 0.29) is 54.3 Å². The molecule has 3 atom stereocenters. The number of amides is 2. The average Bonchev–Trinajstić information content (AvgIpc) is 3.45. The lowest BCUT2D eigenvalue weighted by atomic mass is 9.98. The van der Waals surface area contributed by atoms with Crippen LogP contribution in [0.3, 0.4) is 0 Å². The van der Waals surface area contributed by atoms with Crippen LogP contribution in [0.4, 0.5) is 8.78 Å². The largest absolute Gasteiger partial charge is 0.457 e. The summed E-state index contributed by atoms with van der Waals surface area (Å²) in [5, 5.41) is 11.6. The van der Waals surface area contributed by atoms with Crippen molar-refractivity contribution in [3.05, 3.63) is 83.8 Å². The summed E-state index contributed by atoms with van der Waals surface area (Å²) in [6, 6.07) is 13.5. The standard InChI is InChI=1S/C37H43F2N5O4/c1-4-24-17-36(45)44(20-24)21-26-18-30(38)29(37(46)40-27-11-14-43(15-12-27)34-13-16-47-22-31(34)39)19-35(26)48-28-7-5-25(6-8-28)33-10-9-32(23(2)3)41-42-33/h4-10,18-19,23-24,27,31,34H,1,11-17,20-22H2,2-3H3,(H,40,46). The van der Waals surface area contributed by atoms with Crippen molar-refractivity contribution < 1.29 is 27.8 Å². The predicted molar refractivity (Wildman–Crippen MR) is 178 cm³/mol. The van der Waals surface area contributed by atoms with Gasteiger partial charge in [-0.3, -0.25) is 14.5 Å². The van der Waals surface area contributed by atoms with E-state index in [9.17, 15) is 14.0 Å². The zero-order valence-corrected chi connectivity index (χ0v) is 27.5. The summed E-state index contributed by atoms with van der Waals surface area (Å²) in [5.74, 6) is -0.219. The number of alkyl halides is 1. The number of carbonyl (C=O) groups excluding carboxylic acids is 2. The lowest BCUT2D eigenvalue weighted by Gasteiger charge is -2.40. The van der Waals surface area contributed by atoms with Gasteiger partial charge in [0.05, 0.1) is 23.6 Å². The highest BCUT2D eigenvalue weighted by atomic mass is 19.1. The molecule has 0 bridgehead atoms. The van der Waals surface area contributed by atoms with E-state index in [0.29, 0.717) is 63.2 Å². The minimum absolute atomic E-state index is 0.0238. The average molecular weight is 660 g/mol. The number of aromatic nitrogens is 2. The van der Waals surface area contributed by atoms with Gasteiger partial charge >= 0.3 is 0 Å². The maximum atomic E-state index is 15.6. The van der Waals surface area contributed by atoms with E-state index in [1.54, 1.807) is 23.1 Å². The van der Waals surface area contributed by atoms with Crippen molar-refractivity contribution in [3.63, 3.8) is 0 Å². The van der Waals surface area contributed by atoms with Crippen LogP contribution in [-0.2, 0) is 16.1 Å². The number of halogens is 2. The number of rotatable bonds is 10. The minimum Gasteiger partial charge on any atom is -0.457 e. The van der Waals surface area contributed by atoms with E-state index in [0.717, 1.165) is 17.0 Å². The molecule has 4 heterocycles. The van der Waals surface area contributed by atoms with Gasteiger partial charge in [-0.2, -0.15) is 10.2 Å². The van der Waals surface area contributed by atoms with Gasteiger partial charge in [0, 0.05) is 68.3 Å². The molecule has 2 amide bonds. The Balaban J connectivity index is 1.19. The van der Waals surface area contributed by atoms with Crippen molar-refractivity contribution in [1.82, 2.24) is 25.3 Å². The highest BCUT2D eigenvalue weighted by molar-refractivity contribution is 5.95. The van der Waals surface area contributed by atoms with E-state index >= 15 is 4.39 Å². The molecule has 3 fully saturated rings. The molecule has 6 rings (SSSR count). The molecule has 1 N–H and O–H groups in total. The Hall–Kier alpha value is -4.22. The molecule has 1 aromatic heterocycles. The van der Waals surface area contributed by atoms with Crippen LogP contribution in [0.2, 0.25) is 0 Å². The van der Waals surface area contributed by atoms with Gasteiger partial charge in [-0.1, -0.05) is 19.9 Å². The van der Waals surface area contributed by atoms with Gasteiger partial charge in [0.25, 0.3) is 5.91 Å². The van der Waals surface area contributed by atoms with E-state index in [1.807, 2.05) is 24.3 Å². The lowest BCUT2D eigenvalue weighted by molar-refractivity contribution is -0.128. The summed E-state index contributed by atoms with van der Waals surface area (Å²) < 4.78 is 41.6. The second-order valence-corrected chi connectivity index (χ2v) is 13.3. The van der Waals surface area contributed by atoms with Gasteiger partial charge in [0.1, 0.15) is 23.5 Å². The van der Waals surface area contributed by atoms with Crippen molar-refractivity contribution in [2.24, 2.45) is 5.92 Å². The molecule has 9 nitrogen and oxygen atoms in total. The molecule has 254 valence electrons. The van der Waals surface area contributed by atoms with Gasteiger partial charge in [-0.25, -0.2) is 8.78 Å². The third-order valence-electron chi connectivity index (χ3n) is 9.57. The molecule has 0 radical (unpaired) electrons. The SMILES string of the molecule is C=CC1CC(=O)N(Cc2cc(F)c(C(=O)NC3CCN(C4CCOCC4F)CC3)cc2Oc2ccc(-c3ccc(C(C)C)nn3)cc2)C1.